The van der Waals surface area contributed by atoms with Crippen molar-refractivity contribution in [1.29, 1.82) is 0 Å². The Morgan fingerprint density at radius 1 is 1.16 bits per heavy atom. The van der Waals surface area contributed by atoms with Crippen LogP contribution in [-0.2, 0) is 0 Å². The van der Waals surface area contributed by atoms with E-state index in [1.807, 2.05) is 0 Å². The first-order chi connectivity index (χ1) is 9.10. The van der Waals surface area contributed by atoms with Crippen molar-refractivity contribution < 1.29 is 9.59 Å². The molecule has 2 aromatic carbocycles. The monoisotopic (exact) mass is 385 g/mol. The molecule has 19 heavy (non-hydrogen) atoms. The van der Waals surface area contributed by atoms with Crippen LogP contribution in [0.2, 0.25) is 5.02 Å². The molecule has 0 saturated carbocycles. The van der Waals surface area contributed by atoms with Gasteiger partial charge in [-0.25, -0.2) is 0 Å². The molecule has 5 heteroatoms. The van der Waals surface area contributed by atoms with Crippen molar-refractivity contribution in [1.82, 2.24) is 0 Å². The van der Waals surface area contributed by atoms with Gasteiger partial charge in [0.05, 0.1) is 5.56 Å². The lowest BCUT2D eigenvalue weighted by molar-refractivity contribution is 0.102. The normalized spacial score (nSPS) is 10.0. The third-order valence-corrected chi connectivity index (χ3v) is 3.65. The summed E-state index contributed by atoms with van der Waals surface area (Å²) in [5, 5.41) is 3.27. The zero-order chi connectivity index (χ0) is 13.8. The highest BCUT2D eigenvalue weighted by Crippen LogP contribution is 2.19. The van der Waals surface area contributed by atoms with E-state index >= 15 is 0 Å². The lowest BCUT2D eigenvalue weighted by atomic mass is 10.2. The number of amides is 1. The Morgan fingerprint density at radius 2 is 1.84 bits per heavy atom. The highest BCUT2D eigenvalue weighted by molar-refractivity contribution is 14.1. The van der Waals surface area contributed by atoms with Crippen molar-refractivity contribution in [2.75, 3.05) is 5.32 Å². The van der Waals surface area contributed by atoms with E-state index in [1.165, 1.54) is 0 Å². The van der Waals surface area contributed by atoms with E-state index in [2.05, 4.69) is 27.9 Å². The number of hydrogen-bond donors (Lipinski definition) is 1. The maximum absolute atomic E-state index is 12.1. The highest BCUT2D eigenvalue weighted by atomic mass is 127. The molecular weight excluding hydrogens is 377 g/mol. The zero-order valence-electron chi connectivity index (χ0n) is 9.69. The Kier molecular flexibility index (Phi) is 4.55. The van der Waals surface area contributed by atoms with Crippen LogP contribution in [0, 0.1) is 3.57 Å². The van der Waals surface area contributed by atoms with Crippen molar-refractivity contribution in [3.8, 4) is 0 Å². The second-order valence-corrected chi connectivity index (χ2v) is 5.42. The van der Waals surface area contributed by atoms with Crippen LogP contribution in [0.1, 0.15) is 20.7 Å². The third-order valence-electron chi connectivity index (χ3n) is 2.48. The van der Waals surface area contributed by atoms with Gasteiger partial charge in [-0.3, -0.25) is 9.59 Å². The van der Waals surface area contributed by atoms with E-state index in [0.29, 0.717) is 21.8 Å². The average molecular weight is 386 g/mol. The summed E-state index contributed by atoms with van der Waals surface area (Å²) < 4.78 is 0.823. The van der Waals surface area contributed by atoms with E-state index in [9.17, 15) is 9.59 Å². The predicted molar refractivity (Wildman–Crippen MR) is 84.0 cm³/mol. The van der Waals surface area contributed by atoms with Crippen LogP contribution in [0.3, 0.4) is 0 Å². The highest BCUT2D eigenvalue weighted by Gasteiger charge is 2.10. The van der Waals surface area contributed by atoms with E-state index in [1.54, 1.807) is 42.5 Å². The lowest BCUT2D eigenvalue weighted by Gasteiger charge is -2.07. The Morgan fingerprint density at radius 3 is 2.47 bits per heavy atom. The van der Waals surface area contributed by atoms with Crippen molar-refractivity contribution in [2.45, 2.75) is 0 Å². The maximum Gasteiger partial charge on any atom is 0.256 e. The second-order valence-electron chi connectivity index (χ2n) is 3.82. The van der Waals surface area contributed by atoms with Crippen molar-refractivity contribution >= 4 is 52.1 Å². The van der Waals surface area contributed by atoms with Gasteiger partial charge in [0.15, 0.2) is 0 Å². The van der Waals surface area contributed by atoms with Gasteiger partial charge in [-0.2, -0.15) is 0 Å². The number of halogens is 2. The van der Waals surface area contributed by atoms with Crippen LogP contribution >= 0.6 is 34.2 Å². The quantitative estimate of drug-likeness (QED) is 0.641. The van der Waals surface area contributed by atoms with Crippen molar-refractivity contribution in [3.63, 3.8) is 0 Å². The largest absolute Gasteiger partial charge is 0.322 e. The maximum atomic E-state index is 12.1. The molecule has 0 aliphatic carbocycles. The molecule has 96 valence electrons. The zero-order valence-corrected chi connectivity index (χ0v) is 12.6. The number of rotatable bonds is 3. The number of carbonyl (C=O) groups excluding carboxylic acids is 2. The number of nitrogens with one attached hydrogen (secondary N) is 1. The number of benzene rings is 2. The smallest absolute Gasteiger partial charge is 0.256 e. The minimum Gasteiger partial charge on any atom is -0.322 e. The van der Waals surface area contributed by atoms with Crippen molar-refractivity contribution in [3.05, 3.63) is 62.2 Å². The van der Waals surface area contributed by atoms with Crippen LogP contribution in [0.5, 0.6) is 0 Å². The molecule has 3 nitrogen and oxygen atoms in total. The molecule has 2 aromatic rings. The standard InChI is InChI=1S/C14H9ClINO2/c15-10-3-6-13(16)12(7-10)14(19)17-11-4-1-9(8-18)2-5-11/h1-8H,(H,17,19). The molecule has 0 aliphatic rings. The van der Waals surface area contributed by atoms with E-state index in [0.717, 1.165) is 9.86 Å². The summed E-state index contributed by atoms with van der Waals surface area (Å²) in [6.07, 6.45) is 0.755. The van der Waals surface area contributed by atoms with Crippen LogP contribution in [0.4, 0.5) is 5.69 Å². The van der Waals surface area contributed by atoms with Gasteiger partial charge in [0.1, 0.15) is 6.29 Å². The molecule has 1 amide bonds. The van der Waals surface area contributed by atoms with Crippen LogP contribution in [-0.4, -0.2) is 12.2 Å². The van der Waals surface area contributed by atoms with Crippen LogP contribution in [0.25, 0.3) is 0 Å². The molecule has 0 radical (unpaired) electrons. The summed E-state index contributed by atoms with van der Waals surface area (Å²) in [5.41, 5.74) is 1.72. The second kappa shape index (κ2) is 6.16. The molecule has 0 aromatic heterocycles. The summed E-state index contributed by atoms with van der Waals surface area (Å²) in [6, 6.07) is 11.8. The first-order valence-corrected chi connectivity index (χ1v) is 6.87. The predicted octanol–water partition coefficient (Wildman–Crippen LogP) is 4.01. The fourth-order valence-corrected chi connectivity index (χ4v) is 2.27. The Hall–Kier alpha value is -1.40. The molecule has 0 heterocycles. The Balaban J connectivity index is 2.20. The fraction of sp³-hybridized carbons (Fsp3) is 0. The number of anilines is 1. The minimum absolute atomic E-state index is 0.231. The lowest BCUT2D eigenvalue weighted by Crippen LogP contribution is -2.13. The molecule has 0 bridgehead atoms. The minimum atomic E-state index is -0.231. The van der Waals surface area contributed by atoms with Gasteiger partial charge >= 0.3 is 0 Å². The number of hydrogen-bond acceptors (Lipinski definition) is 2. The fourth-order valence-electron chi connectivity index (χ4n) is 1.51. The first kappa shape index (κ1) is 14.0. The van der Waals surface area contributed by atoms with E-state index in [-0.39, 0.29) is 5.91 Å². The van der Waals surface area contributed by atoms with Gasteiger partial charge in [0, 0.05) is 19.8 Å². The number of carbonyl (C=O) groups is 2. The molecular formula is C14H9ClINO2. The summed E-state index contributed by atoms with van der Waals surface area (Å²) in [7, 11) is 0. The SMILES string of the molecule is O=Cc1ccc(NC(=O)c2cc(Cl)ccc2I)cc1. The van der Waals surface area contributed by atoms with Gasteiger partial charge < -0.3 is 5.32 Å². The van der Waals surface area contributed by atoms with Crippen molar-refractivity contribution in [2.24, 2.45) is 0 Å². The number of aldehydes is 1. The van der Waals surface area contributed by atoms with Gasteiger partial charge in [-0.1, -0.05) is 11.6 Å². The molecule has 2 rings (SSSR count). The topological polar surface area (TPSA) is 46.2 Å². The average Bonchev–Trinajstić information content (AvgIpc) is 2.42. The summed E-state index contributed by atoms with van der Waals surface area (Å²) in [4.78, 5) is 22.6. The molecule has 0 aliphatic heterocycles. The molecule has 0 saturated heterocycles. The van der Waals surface area contributed by atoms with E-state index < -0.39 is 0 Å². The summed E-state index contributed by atoms with van der Waals surface area (Å²) >= 11 is 7.96. The van der Waals surface area contributed by atoms with E-state index in [4.69, 9.17) is 11.6 Å². The summed E-state index contributed by atoms with van der Waals surface area (Å²) in [6.45, 7) is 0. The van der Waals surface area contributed by atoms with Gasteiger partial charge in [0.25, 0.3) is 5.91 Å². The Bertz CT molecular complexity index is 626. The summed E-state index contributed by atoms with van der Waals surface area (Å²) in [5.74, 6) is -0.231. The van der Waals surface area contributed by atoms with Crippen LogP contribution in [0.15, 0.2) is 42.5 Å². The van der Waals surface area contributed by atoms with Gasteiger partial charge in [0.2, 0.25) is 0 Å². The molecule has 0 fully saturated rings. The molecule has 0 unspecified atom stereocenters. The third kappa shape index (κ3) is 3.54. The van der Waals surface area contributed by atoms with Gasteiger partial charge in [-0.15, -0.1) is 0 Å². The van der Waals surface area contributed by atoms with Gasteiger partial charge in [-0.05, 0) is 65.1 Å². The van der Waals surface area contributed by atoms with Crippen LogP contribution < -0.4 is 5.32 Å². The Labute approximate surface area is 129 Å². The first-order valence-electron chi connectivity index (χ1n) is 5.42. The molecule has 1 N–H and O–H groups in total. The molecule has 0 spiro atoms. The molecule has 0 atom stereocenters.